The summed E-state index contributed by atoms with van der Waals surface area (Å²) in [6.45, 7) is -0.792. The van der Waals surface area contributed by atoms with Crippen molar-refractivity contribution >= 4 is 32.8 Å². The molecule has 1 aromatic heterocycles. The molecule has 0 aliphatic heterocycles. The van der Waals surface area contributed by atoms with Crippen molar-refractivity contribution in [2.24, 2.45) is 0 Å². The van der Waals surface area contributed by atoms with Gasteiger partial charge in [0.25, 0.3) is 0 Å². The highest BCUT2D eigenvalue weighted by Crippen LogP contribution is 2.30. The molecular weight excluding hydrogens is 463 g/mol. The molecule has 1 atom stereocenters. The number of aromatic amines is 1. The molecule has 1 amide bonds. The van der Waals surface area contributed by atoms with E-state index in [9.17, 15) is 31.2 Å². The molecule has 3 N–H and O–H groups in total. The van der Waals surface area contributed by atoms with Crippen molar-refractivity contribution in [3.05, 3.63) is 65.9 Å². The average molecular weight is 483 g/mol. The van der Waals surface area contributed by atoms with Crippen LogP contribution in [-0.2, 0) is 36.9 Å². The smallest absolute Gasteiger partial charge is 0.416 e. The zero-order valence-electron chi connectivity index (χ0n) is 17.3. The van der Waals surface area contributed by atoms with Crippen molar-refractivity contribution in [1.29, 1.82) is 0 Å². The fourth-order valence-corrected chi connectivity index (χ4v) is 4.21. The monoisotopic (exact) mass is 483 g/mol. The number of alkyl halides is 3. The number of hydrogen-bond acceptors (Lipinski definition) is 5. The molecule has 0 bridgehead atoms. The van der Waals surface area contributed by atoms with Gasteiger partial charge >= 0.3 is 12.1 Å². The Morgan fingerprint density at radius 3 is 2.55 bits per heavy atom. The molecule has 0 saturated carbocycles. The fourth-order valence-electron chi connectivity index (χ4n) is 3.18. The number of H-pyrrole nitrogens is 1. The first-order chi connectivity index (χ1) is 15.5. The van der Waals surface area contributed by atoms with E-state index in [0.717, 1.165) is 41.8 Å². The van der Waals surface area contributed by atoms with Gasteiger partial charge < -0.3 is 15.0 Å². The van der Waals surface area contributed by atoms with Crippen LogP contribution in [0.4, 0.5) is 13.2 Å². The van der Waals surface area contributed by atoms with E-state index in [0.29, 0.717) is 6.07 Å². The predicted octanol–water partition coefficient (Wildman–Crippen LogP) is 2.37. The van der Waals surface area contributed by atoms with Gasteiger partial charge in [-0.2, -0.15) is 13.2 Å². The molecule has 2 aromatic carbocycles. The number of sulfonamides is 1. The first-order valence-electron chi connectivity index (χ1n) is 9.60. The number of aromatic nitrogens is 1. The van der Waals surface area contributed by atoms with E-state index in [1.165, 1.54) is 0 Å². The number of ether oxygens (including phenoxy) is 1. The summed E-state index contributed by atoms with van der Waals surface area (Å²) in [6, 6.07) is 9.33. The van der Waals surface area contributed by atoms with E-state index in [1.807, 2.05) is 29.0 Å². The quantitative estimate of drug-likeness (QED) is 0.426. The van der Waals surface area contributed by atoms with Crippen LogP contribution in [0.5, 0.6) is 0 Å². The van der Waals surface area contributed by atoms with E-state index < -0.39 is 51.1 Å². The predicted molar refractivity (Wildman–Crippen MR) is 113 cm³/mol. The highest BCUT2D eigenvalue weighted by Gasteiger charge is 2.32. The van der Waals surface area contributed by atoms with Crippen molar-refractivity contribution in [2.75, 3.05) is 13.7 Å². The molecular formula is C21H20F3N3O5S. The molecule has 0 aliphatic rings. The molecule has 8 nitrogen and oxygen atoms in total. The van der Waals surface area contributed by atoms with E-state index in [4.69, 9.17) is 4.74 Å². The molecule has 1 heterocycles. The standard InChI is InChI=1S/C21H20F3N3O5S/c1-32-20(29)18(9-13-11-25-17-8-3-2-7-16(13)17)27-19(28)12-26-33(30,31)15-6-4-5-14(10-15)21(22,23)24/h2-8,10-11,18,25-26H,9,12H2,1H3,(H,27,28)/t18-/m1/s1. The lowest BCUT2D eigenvalue weighted by Gasteiger charge is -2.17. The van der Waals surface area contributed by atoms with Crippen LogP contribution in [0.1, 0.15) is 11.1 Å². The van der Waals surface area contributed by atoms with Gasteiger partial charge in [0.05, 0.1) is 24.1 Å². The van der Waals surface area contributed by atoms with Gasteiger partial charge in [-0.3, -0.25) is 4.79 Å². The van der Waals surface area contributed by atoms with Crippen LogP contribution in [0.15, 0.2) is 59.6 Å². The molecule has 3 aromatic rings. The maximum absolute atomic E-state index is 12.9. The van der Waals surface area contributed by atoms with Gasteiger partial charge in [-0.05, 0) is 29.8 Å². The highest BCUT2D eigenvalue weighted by atomic mass is 32.2. The van der Waals surface area contributed by atoms with Crippen LogP contribution in [0.25, 0.3) is 10.9 Å². The Balaban J connectivity index is 1.69. The summed E-state index contributed by atoms with van der Waals surface area (Å²) in [6.07, 6.45) is -2.97. The summed E-state index contributed by atoms with van der Waals surface area (Å²) in [4.78, 5) is 26.9. The van der Waals surface area contributed by atoms with E-state index in [-0.39, 0.29) is 6.42 Å². The van der Waals surface area contributed by atoms with Crippen LogP contribution in [-0.4, -0.2) is 45.0 Å². The van der Waals surface area contributed by atoms with Gasteiger partial charge in [-0.25, -0.2) is 17.9 Å². The third-order valence-corrected chi connectivity index (χ3v) is 6.21. The van der Waals surface area contributed by atoms with Gasteiger partial charge in [0.15, 0.2) is 0 Å². The van der Waals surface area contributed by atoms with Crippen molar-refractivity contribution in [3.63, 3.8) is 0 Å². The normalized spacial score (nSPS) is 13.0. The van der Waals surface area contributed by atoms with Crippen molar-refractivity contribution in [2.45, 2.75) is 23.5 Å². The molecule has 12 heteroatoms. The van der Waals surface area contributed by atoms with Gasteiger partial charge in [0.2, 0.25) is 15.9 Å². The largest absolute Gasteiger partial charge is 0.467 e. The third-order valence-electron chi connectivity index (χ3n) is 4.81. The summed E-state index contributed by atoms with van der Waals surface area (Å²) >= 11 is 0. The topological polar surface area (TPSA) is 117 Å². The first-order valence-corrected chi connectivity index (χ1v) is 11.1. The molecule has 3 rings (SSSR count). The zero-order valence-corrected chi connectivity index (χ0v) is 18.1. The molecule has 0 spiro atoms. The van der Waals surface area contributed by atoms with E-state index >= 15 is 0 Å². The number of nitrogens with one attached hydrogen (secondary N) is 3. The number of rotatable bonds is 8. The number of amides is 1. The number of hydrogen-bond donors (Lipinski definition) is 3. The maximum atomic E-state index is 12.9. The van der Waals surface area contributed by atoms with E-state index in [2.05, 4.69) is 10.3 Å². The molecule has 33 heavy (non-hydrogen) atoms. The second-order valence-corrected chi connectivity index (χ2v) is 8.82. The third kappa shape index (κ3) is 5.90. The van der Waals surface area contributed by atoms with Gasteiger partial charge in [-0.1, -0.05) is 24.3 Å². The SMILES string of the molecule is COC(=O)[C@@H](Cc1c[nH]c2ccccc12)NC(=O)CNS(=O)(=O)c1cccc(C(F)(F)F)c1. The average Bonchev–Trinajstić information content (AvgIpc) is 3.19. The van der Waals surface area contributed by atoms with Crippen molar-refractivity contribution < 1.29 is 35.9 Å². The lowest BCUT2D eigenvalue weighted by Crippen LogP contribution is -2.47. The summed E-state index contributed by atoms with van der Waals surface area (Å²) < 4.78 is 69.9. The minimum atomic E-state index is -4.72. The second kappa shape index (κ2) is 9.63. The Morgan fingerprint density at radius 2 is 1.85 bits per heavy atom. The second-order valence-electron chi connectivity index (χ2n) is 7.06. The molecule has 0 saturated heterocycles. The Bertz CT molecular complexity index is 1270. The van der Waals surface area contributed by atoms with Crippen LogP contribution in [0.3, 0.4) is 0 Å². The molecule has 0 aliphatic carbocycles. The van der Waals surface area contributed by atoms with Crippen LogP contribution in [0, 0.1) is 0 Å². The highest BCUT2D eigenvalue weighted by molar-refractivity contribution is 7.89. The number of methoxy groups -OCH3 is 1. The Labute approximate surface area is 187 Å². The van der Waals surface area contributed by atoms with Gasteiger partial charge in [-0.15, -0.1) is 0 Å². The molecule has 176 valence electrons. The first kappa shape index (κ1) is 24.3. The number of para-hydroxylation sites is 1. The van der Waals surface area contributed by atoms with Gasteiger partial charge in [0, 0.05) is 23.5 Å². The van der Waals surface area contributed by atoms with Gasteiger partial charge in [0.1, 0.15) is 6.04 Å². The Morgan fingerprint density at radius 1 is 1.12 bits per heavy atom. The van der Waals surface area contributed by atoms with Crippen LogP contribution < -0.4 is 10.0 Å². The Kier molecular flexibility index (Phi) is 7.08. The molecule has 0 radical (unpaired) electrons. The molecule has 0 fully saturated rings. The minimum absolute atomic E-state index is 0.0722. The number of benzene rings is 2. The number of halogens is 3. The summed E-state index contributed by atoms with van der Waals surface area (Å²) in [5.41, 5.74) is 0.418. The van der Waals surface area contributed by atoms with E-state index in [1.54, 1.807) is 6.20 Å². The fraction of sp³-hybridized carbons (Fsp3) is 0.238. The summed E-state index contributed by atoms with van der Waals surface area (Å²) in [5.74, 6) is -1.60. The Hall–Kier alpha value is -3.38. The summed E-state index contributed by atoms with van der Waals surface area (Å²) in [5, 5.41) is 3.23. The number of esters is 1. The number of carbonyl (C=O) groups excluding carboxylic acids is 2. The van der Waals surface area contributed by atoms with Crippen LogP contribution in [0.2, 0.25) is 0 Å². The number of fused-ring (bicyclic) bond motifs is 1. The zero-order chi connectivity index (χ0) is 24.2. The number of carbonyl (C=O) groups is 2. The molecule has 0 unspecified atom stereocenters. The van der Waals surface area contributed by atoms with Crippen molar-refractivity contribution in [3.8, 4) is 0 Å². The maximum Gasteiger partial charge on any atom is 0.416 e. The van der Waals surface area contributed by atoms with Crippen molar-refractivity contribution in [1.82, 2.24) is 15.0 Å². The minimum Gasteiger partial charge on any atom is -0.467 e. The lowest BCUT2D eigenvalue weighted by atomic mass is 10.0. The van der Waals surface area contributed by atoms with Crippen LogP contribution >= 0.6 is 0 Å². The summed E-state index contributed by atoms with van der Waals surface area (Å²) in [7, 11) is -3.26. The lowest BCUT2D eigenvalue weighted by molar-refractivity contribution is -0.144.